The topological polar surface area (TPSA) is 83.5 Å². The number of carbonyl (C=O) groups is 1. The van der Waals surface area contributed by atoms with Crippen LogP contribution in [0.1, 0.15) is 52.9 Å². The van der Waals surface area contributed by atoms with Gasteiger partial charge in [-0.2, -0.15) is 4.31 Å². The van der Waals surface area contributed by atoms with Gasteiger partial charge < -0.3 is 0 Å². The second-order valence-electron chi connectivity index (χ2n) is 9.41. The van der Waals surface area contributed by atoms with Crippen LogP contribution >= 0.6 is 11.3 Å². The Kier molecular flexibility index (Phi) is 7.37. The lowest BCUT2D eigenvalue weighted by atomic mass is 10.1. The third kappa shape index (κ3) is 5.30. The molecule has 9 heteroatoms. The molecule has 2 aromatic carbocycles. The summed E-state index contributed by atoms with van der Waals surface area (Å²) in [7, 11) is -3.59. The van der Waals surface area contributed by atoms with E-state index in [9.17, 15) is 13.2 Å². The Morgan fingerprint density at radius 1 is 0.973 bits per heavy atom. The lowest BCUT2D eigenvalue weighted by molar-refractivity contribution is 0.0984. The number of aromatic nitrogens is 2. The summed E-state index contributed by atoms with van der Waals surface area (Å²) in [6.07, 6.45) is 5.55. The summed E-state index contributed by atoms with van der Waals surface area (Å²) in [6.45, 7) is 5.42. The molecule has 5 rings (SSSR count). The summed E-state index contributed by atoms with van der Waals surface area (Å²) in [5.74, 6) is -0.252. The molecule has 0 spiro atoms. The minimum absolute atomic E-state index is 0.216. The van der Waals surface area contributed by atoms with Crippen molar-refractivity contribution in [2.24, 2.45) is 0 Å². The molecule has 1 saturated heterocycles. The number of rotatable bonds is 6. The van der Waals surface area contributed by atoms with Crippen LogP contribution in [0.5, 0.6) is 0 Å². The highest BCUT2D eigenvalue weighted by Crippen LogP contribution is 2.33. The van der Waals surface area contributed by atoms with Gasteiger partial charge in [0, 0.05) is 24.8 Å². The number of benzene rings is 2. The zero-order chi connectivity index (χ0) is 26.0. The van der Waals surface area contributed by atoms with E-state index < -0.39 is 10.0 Å². The van der Waals surface area contributed by atoms with Crippen molar-refractivity contribution in [1.82, 2.24) is 14.3 Å². The van der Waals surface area contributed by atoms with Gasteiger partial charge in [-0.05, 0) is 80.3 Å². The van der Waals surface area contributed by atoms with Crippen LogP contribution in [0.2, 0.25) is 0 Å². The largest absolute Gasteiger partial charge is 0.278 e. The van der Waals surface area contributed by atoms with E-state index in [2.05, 4.69) is 11.1 Å². The third-order valence-corrected chi connectivity index (χ3v) is 9.86. The fourth-order valence-corrected chi connectivity index (χ4v) is 7.11. The van der Waals surface area contributed by atoms with E-state index in [1.807, 2.05) is 38.1 Å². The van der Waals surface area contributed by atoms with Crippen LogP contribution < -0.4 is 4.90 Å². The van der Waals surface area contributed by atoms with E-state index in [1.54, 1.807) is 27.5 Å². The first-order valence-corrected chi connectivity index (χ1v) is 14.8. The Morgan fingerprint density at radius 2 is 1.70 bits per heavy atom. The van der Waals surface area contributed by atoms with Crippen molar-refractivity contribution in [3.63, 3.8) is 0 Å². The van der Waals surface area contributed by atoms with E-state index in [4.69, 9.17) is 4.98 Å². The number of aryl methyl sites for hydroxylation is 2. The lowest BCUT2D eigenvalue weighted by Gasteiger charge is -2.21. The Bertz CT molecular complexity index is 1510. The Morgan fingerprint density at radius 3 is 2.38 bits per heavy atom. The highest BCUT2D eigenvalue weighted by Gasteiger charge is 2.27. The van der Waals surface area contributed by atoms with Gasteiger partial charge in [-0.1, -0.05) is 36.3 Å². The zero-order valence-corrected chi connectivity index (χ0v) is 22.7. The number of nitrogens with zero attached hydrogens (tertiary/aromatic N) is 4. The summed E-state index contributed by atoms with van der Waals surface area (Å²) < 4.78 is 29.0. The minimum Gasteiger partial charge on any atom is -0.278 e. The standard InChI is InChI=1S/C28H30N4O3S2/c1-20-10-15-25-26(21(20)2)30-28(36-25)32(19-23-9-5-6-16-29-23)27(33)22-11-13-24(14-12-22)37(34,35)31-17-7-3-4-8-18-31/h5-6,9-16H,3-4,7-8,17-19H2,1-2H3. The van der Waals surface area contributed by atoms with E-state index in [0.29, 0.717) is 23.8 Å². The van der Waals surface area contributed by atoms with Gasteiger partial charge in [0.25, 0.3) is 5.91 Å². The second kappa shape index (κ2) is 10.7. The summed E-state index contributed by atoms with van der Waals surface area (Å²) in [6, 6.07) is 16.0. The van der Waals surface area contributed by atoms with Crippen LogP contribution in [-0.4, -0.2) is 41.7 Å². The fraction of sp³-hybridized carbons (Fsp3) is 0.321. The molecule has 0 atom stereocenters. The lowest BCUT2D eigenvalue weighted by Crippen LogP contribution is -2.32. The molecule has 1 aliphatic heterocycles. The van der Waals surface area contributed by atoms with Crippen molar-refractivity contribution in [1.29, 1.82) is 0 Å². The molecule has 0 aliphatic carbocycles. The van der Waals surface area contributed by atoms with E-state index in [1.165, 1.54) is 23.5 Å². The molecule has 2 aromatic heterocycles. The highest BCUT2D eigenvalue weighted by molar-refractivity contribution is 7.89. The van der Waals surface area contributed by atoms with Crippen LogP contribution in [0, 0.1) is 13.8 Å². The number of hydrogen-bond donors (Lipinski definition) is 0. The molecule has 0 radical (unpaired) electrons. The van der Waals surface area contributed by atoms with Crippen molar-refractivity contribution in [3.05, 3.63) is 83.2 Å². The first-order valence-electron chi connectivity index (χ1n) is 12.5. The van der Waals surface area contributed by atoms with E-state index >= 15 is 0 Å². The normalized spacial score (nSPS) is 15.0. The fourth-order valence-electron chi connectivity index (χ4n) is 4.57. The third-order valence-electron chi connectivity index (χ3n) is 6.90. The number of pyridine rings is 1. The van der Waals surface area contributed by atoms with Gasteiger partial charge in [0.1, 0.15) is 0 Å². The summed E-state index contributed by atoms with van der Waals surface area (Å²) in [5, 5.41) is 0.584. The van der Waals surface area contributed by atoms with Crippen LogP contribution in [0.4, 0.5) is 5.13 Å². The van der Waals surface area contributed by atoms with Crippen molar-refractivity contribution in [3.8, 4) is 0 Å². The predicted octanol–water partition coefficient (Wildman–Crippen LogP) is 5.72. The van der Waals surface area contributed by atoms with Gasteiger partial charge in [0.2, 0.25) is 10.0 Å². The number of sulfonamides is 1. The van der Waals surface area contributed by atoms with Crippen molar-refractivity contribution >= 4 is 42.6 Å². The number of hydrogen-bond acceptors (Lipinski definition) is 6. The molecule has 1 fully saturated rings. The molecule has 3 heterocycles. The Balaban J connectivity index is 1.47. The molecule has 0 unspecified atom stereocenters. The Labute approximate surface area is 221 Å². The van der Waals surface area contributed by atoms with Crippen LogP contribution in [-0.2, 0) is 16.6 Å². The van der Waals surface area contributed by atoms with Gasteiger partial charge in [-0.15, -0.1) is 0 Å². The SMILES string of the molecule is Cc1ccc2sc(N(Cc3ccccn3)C(=O)c3ccc(S(=O)(=O)N4CCCCCC4)cc3)nc2c1C. The second-order valence-corrected chi connectivity index (χ2v) is 12.4. The maximum absolute atomic E-state index is 13.8. The van der Waals surface area contributed by atoms with Gasteiger partial charge in [0.15, 0.2) is 5.13 Å². The summed E-state index contributed by atoms with van der Waals surface area (Å²) >= 11 is 1.46. The molecular weight excluding hydrogens is 504 g/mol. The van der Waals surface area contributed by atoms with Gasteiger partial charge in [0.05, 0.1) is 27.4 Å². The predicted molar refractivity (Wildman–Crippen MR) is 148 cm³/mol. The minimum atomic E-state index is -3.59. The molecule has 1 amide bonds. The molecule has 1 aliphatic rings. The maximum atomic E-state index is 13.8. The monoisotopic (exact) mass is 534 g/mol. The summed E-state index contributed by atoms with van der Waals surface area (Å²) in [5.41, 5.74) is 4.26. The van der Waals surface area contributed by atoms with Crippen molar-refractivity contribution < 1.29 is 13.2 Å². The summed E-state index contributed by atoms with van der Waals surface area (Å²) in [4.78, 5) is 24.9. The number of carbonyl (C=O) groups excluding carboxylic acids is 1. The van der Waals surface area contributed by atoms with Crippen molar-refractivity contribution in [2.45, 2.75) is 51.0 Å². The molecule has 192 valence electrons. The Hall–Kier alpha value is -3.14. The average Bonchev–Trinajstić information content (AvgIpc) is 3.15. The number of fused-ring (bicyclic) bond motifs is 1. The van der Waals surface area contributed by atoms with Crippen LogP contribution in [0.3, 0.4) is 0 Å². The highest BCUT2D eigenvalue weighted by atomic mass is 32.2. The molecular formula is C28H30N4O3S2. The molecule has 0 N–H and O–H groups in total. The molecule has 37 heavy (non-hydrogen) atoms. The van der Waals surface area contributed by atoms with Crippen LogP contribution in [0.15, 0.2) is 65.7 Å². The van der Waals surface area contributed by atoms with Gasteiger partial charge in [-0.3, -0.25) is 14.7 Å². The molecule has 0 saturated carbocycles. The number of anilines is 1. The smallest absolute Gasteiger partial charge is 0.260 e. The number of thiazole rings is 1. The van der Waals surface area contributed by atoms with Gasteiger partial charge >= 0.3 is 0 Å². The van der Waals surface area contributed by atoms with E-state index in [-0.39, 0.29) is 17.3 Å². The molecule has 0 bridgehead atoms. The van der Waals surface area contributed by atoms with Crippen LogP contribution in [0.25, 0.3) is 10.2 Å². The average molecular weight is 535 g/mol. The molecule has 7 nitrogen and oxygen atoms in total. The maximum Gasteiger partial charge on any atom is 0.260 e. The first-order chi connectivity index (χ1) is 17.8. The van der Waals surface area contributed by atoms with Crippen molar-refractivity contribution in [2.75, 3.05) is 18.0 Å². The zero-order valence-electron chi connectivity index (χ0n) is 21.1. The molecule has 4 aromatic rings. The van der Waals surface area contributed by atoms with Gasteiger partial charge in [-0.25, -0.2) is 13.4 Å². The number of amides is 1. The first kappa shape index (κ1) is 25.5. The quantitative estimate of drug-likeness (QED) is 0.316. The van der Waals surface area contributed by atoms with E-state index in [0.717, 1.165) is 52.7 Å².